The van der Waals surface area contributed by atoms with E-state index in [9.17, 15) is 14.7 Å². The molecule has 0 spiro atoms. The summed E-state index contributed by atoms with van der Waals surface area (Å²) >= 11 is 6.20. The summed E-state index contributed by atoms with van der Waals surface area (Å²) in [4.78, 5) is 30.5. The van der Waals surface area contributed by atoms with Gasteiger partial charge < -0.3 is 14.7 Å². The summed E-state index contributed by atoms with van der Waals surface area (Å²) in [7, 11) is 1.47. The van der Waals surface area contributed by atoms with Gasteiger partial charge in [-0.3, -0.25) is 14.5 Å². The summed E-state index contributed by atoms with van der Waals surface area (Å²) < 4.78 is 5.41. The molecule has 1 aliphatic rings. The Morgan fingerprint density at radius 1 is 1.03 bits per heavy atom. The molecule has 0 bridgehead atoms. The number of rotatable bonds is 7. The highest BCUT2D eigenvalue weighted by molar-refractivity contribution is 6.51. The molecule has 6 nitrogen and oxygen atoms in total. The lowest BCUT2D eigenvalue weighted by Gasteiger charge is -2.27. The second-order valence-electron chi connectivity index (χ2n) is 8.62. The third-order valence-electron chi connectivity index (χ3n) is 6.48. The molecule has 1 fully saturated rings. The fourth-order valence-corrected chi connectivity index (χ4v) is 4.83. The lowest BCUT2D eigenvalue weighted by atomic mass is 9.94. The summed E-state index contributed by atoms with van der Waals surface area (Å²) in [5, 5.41) is 11.8. The fraction of sp³-hybridized carbons (Fsp3) is 0.241. The van der Waals surface area contributed by atoms with Crippen LogP contribution in [0.3, 0.4) is 0 Å². The fourth-order valence-electron chi connectivity index (χ4n) is 4.66. The van der Waals surface area contributed by atoms with Gasteiger partial charge in [0.1, 0.15) is 11.5 Å². The number of carbonyl (C=O) groups is 2. The van der Waals surface area contributed by atoms with Crippen LogP contribution in [0.25, 0.3) is 5.76 Å². The first kappa shape index (κ1) is 25.3. The van der Waals surface area contributed by atoms with Gasteiger partial charge in [0, 0.05) is 29.5 Å². The van der Waals surface area contributed by atoms with Crippen molar-refractivity contribution in [3.05, 3.63) is 94.0 Å². The van der Waals surface area contributed by atoms with E-state index in [4.69, 9.17) is 16.3 Å². The van der Waals surface area contributed by atoms with E-state index in [1.165, 1.54) is 18.1 Å². The van der Waals surface area contributed by atoms with Crippen molar-refractivity contribution in [2.24, 2.45) is 0 Å². The minimum Gasteiger partial charge on any atom is -0.507 e. The minimum atomic E-state index is -0.832. The van der Waals surface area contributed by atoms with Crippen LogP contribution in [-0.2, 0) is 9.59 Å². The molecule has 36 heavy (non-hydrogen) atoms. The summed E-state index contributed by atoms with van der Waals surface area (Å²) in [6.45, 7) is 7.80. The Hall–Kier alpha value is -3.77. The van der Waals surface area contributed by atoms with Crippen molar-refractivity contribution in [2.45, 2.75) is 26.8 Å². The molecule has 1 N–H and O–H groups in total. The van der Waals surface area contributed by atoms with Crippen LogP contribution in [0.2, 0.25) is 5.02 Å². The van der Waals surface area contributed by atoms with E-state index in [1.54, 1.807) is 18.2 Å². The van der Waals surface area contributed by atoms with E-state index >= 15 is 0 Å². The number of hydrogen-bond donors (Lipinski definition) is 1. The molecule has 1 atom stereocenters. The number of ether oxygens (including phenoxy) is 1. The molecule has 0 aliphatic carbocycles. The Labute approximate surface area is 216 Å². The number of hydrogen-bond acceptors (Lipinski definition) is 5. The Balaban J connectivity index is 1.95. The van der Waals surface area contributed by atoms with E-state index in [0.717, 1.165) is 24.3 Å². The average molecular weight is 505 g/mol. The predicted molar refractivity (Wildman–Crippen MR) is 144 cm³/mol. The van der Waals surface area contributed by atoms with Gasteiger partial charge in [-0.15, -0.1) is 0 Å². The second kappa shape index (κ2) is 10.5. The molecule has 1 amide bonds. The smallest absolute Gasteiger partial charge is 0.300 e. The maximum absolute atomic E-state index is 13.4. The van der Waals surface area contributed by atoms with E-state index < -0.39 is 17.7 Å². The van der Waals surface area contributed by atoms with Crippen molar-refractivity contribution in [2.75, 3.05) is 30.0 Å². The maximum Gasteiger partial charge on any atom is 0.300 e. The molecule has 0 radical (unpaired) electrons. The second-order valence-corrected chi connectivity index (χ2v) is 9.05. The molecular formula is C29H29ClN2O4. The molecular weight excluding hydrogens is 476 g/mol. The molecule has 1 heterocycles. The predicted octanol–water partition coefficient (Wildman–Crippen LogP) is 6.13. The van der Waals surface area contributed by atoms with Crippen LogP contribution in [0.5, 0.6) is 5.75 Å². The van der Waals surface area contributed by atoms with Crippen LogP contribution < -0.4 is 14.5 Å². The Bertz CT molecular complexity index is 1330. The molecule has 4 rings (SSSR count). The van der Waals surface area contributed by atoms with E-state index in [1.807, 2.05) is 49.4 Å². The first-order chi connectivity index (χ1) is 17.3. The van der Waals surface area contributed by atoms with Crippen LogP contribution in [0, 0.1) is 6.92 Å². The van der Waals surface area contributed by atoms with Crippen LogP contribution in [0.4, 0.5) is 11.4 Å². The van der Waals surface area contributed by atoms with E-state index in [0.29, 0.717) is 22.0 Å². The summed E-state index contributed by atoms with van der Waals surface area (Å²) in [6, 6.07) is 19.1. The molecule has 0 aromatic heterocycles. The van der Waals surface area contributed by atoms with Crippen molar-refractivity contribution in [3.63, 3.8) is 0 Å². The van der Waals surface area contributed by atoms with Crippen molar-refractivity contribution >= 4 is 40.4 Å². The molecule has 7 heteroatoms. The van der Waals surface area contributed by atoms with Gasteiger partial charge in [-0.25, -0.2) is 0 Å². The van der Waals surface area contributed by atoms with Gasteiger partial charge in [-0.05, 0) is 74.4 Å². The summed E-state index contributed by atoms with van der Waals surface area (Å²) in [6.07, 6.45) is 0. The zero-order chi connectivity index (χ0) is 26.0. The normalized spacial score (nSPS) is 16.9. The minimum absolute atomic E-state index is 0.0161. The number of Topliss-reactive ketones (excluding diaryl/α,β-unsaturated/α-hetero) is 1. The zero-order valence-electron chi connectivity index (χ0n) is 20.8. The van der Waals surface area contributed by atoms with Gasteiger partial charge in [0.2, 0.25) is 0 Å². The molecule has 186 valence electrons. The quantitative estimate of drug-likeness (QED) is 0.238. The lowest BCUT2D eigenvalue weighted by Crippen LogP contribution is -2.29. The van der Waals surface area contributed by atoms with Gasteiger partial charge >= 0.3 is 0 Å². The maximum atomic E-state index is 13.4. The number of nitrogens with zero attached hydrogens (tertiary/aromatic N) is 2. The molecule has 0 saturated carbocycles. The topological polar surface area (TPSA) is 70.1 Å². The summed E-state index contributed by atoms with van der Waals surface area (Å²) in [5.74, 6) is -1.47. The largest absolute Gasteiger partial charge is 0.507 e. The number of ketones is 1. The zero-order valence-corrected chi connectivity index (χ0v) is 21.5. The first-order valence-electron chi connectivity index (χ1n) is 11.9. The molecule has 3 aromatic rings. The van der Waals surface area contributed by atoms with E-state index in [2.05, 4.69) is 18.7 Å². The highest BCUT2D eigenvalue weighted by Gasteiger charge is 2.47. The average Bonchev–Trinajstić information content (AvgIpc) is 3.15. The van der Waals surface area contributed by atoms with Crippen LogP contribution in [0.15, 0.2) is 72.3 Å². The van der Waals surface area contributed by atoms with Gasteiger partial charge in [0.05, 0.1) is 24.3 Å². The number of aryl methyl sites for hydroxylation is 1. The van der Waals surface area contributed by atoms with Crippen LogP contribution >= 0.6 is 11.6 Å². The van der Waals surface area contributed by atoms with Crippen molar-refractivity contribution in [1.82, 2.24) is 0 Å². The van der Waals surface area contributed by atoms with Gasteiger partial charge in [0.25, 0.3) is 11.7 Å². The van der Waals surface area contributed by atoms with E-state index in [-0.39, 0.29) is 16.9 Å². The number of amides is 1. The van der Waals surface area contributed by atoms with Gasteiger partial charge in [0.15, 0.2) is 0 Å². The third-order valence-corrected chi connectivity index (χ3v) is 6.71. The number of benzene rings is 3. The molecule has 1 unspecified atom stereocenters. The number of aliphatic hydroxyl groups is 1. The highest BCUT2D eigenvalue weighted by atomic mass is 35.5. The van der Waals surface area contributed by atoms with Crippen LogP contribution in [-0.4, -0.2) is 37.0 Å². The van der Waals surface area contributed by atoms with Gasteiger partial charge in [-0.2, -0.15) is 0 Å². The SMILES string of the molecule is CCN(CC)c1ccc(C2/C(=C(\O)c3cc(Cl)ccc3OC)C(=O)C(=O)N2c2cccc(C)c2)cc1. The highest BCUT2D eigenvalue weighted by Crippen LogP contribution is 2.44. The Morgan fingerprint density at radius 3 is 2.33 bits per heavy atom. The number of carbonyl (C=O) groups excluding carboxylic acids is 2. The summed E-state index contributed by atoms with van der Waals surface area (Å²) in [5.41, 5.74) is 3.49. The molecule has 1 aliphatic heterocycles. The Kier molecular flexibility index (Phi) is 7.36. The molecule has 1 saturated heterocycles. The molecule has 3 aromatic carbocycles. The van der Waals surface area contributed by atoms with Crippen molar-refractivity contribution in [1.29, 1.82) is 0 Å². The Morgan fingerprint density at radius 2 is 1.72 bits per heavy atom. The lowest BCUT2D eigenvalue weighted by molar-refractivity contribution is -0.132. The van der Waals surface area contributed by atoms with Gasteiger partial charge in [-0.1, -0.05) is 35.9 Å². The van der Waals surface area contributed by atoms with Crippen molar-refractivity contribution in [3.8, 4) is 5.75 Å². The number of aliphatic hydroxyl groups excluding tert-OH is 1. The standard InChI is InChI=1S/C29H29ClN2O4/c1-5-31(6-2)21-13-10-19(11-14-21)26-25(27(33)23-17-20(30)12-15-24(23)36-4)28(34)29(35)32(26)22-9-7-8-18(3)16-22/h7-17,26,33H,5-6H2,1-4H3/b27-25+. The third kappa shape index (κ3) is 4.56. The monoisotopic (exact) mass is 504 g/mol. The number of halogens is 1. The van der Waals surface area contributed by atoms with Crippen molar-refractivity contribution < 1.29 is 19.4 Å². The number of anilines is 2. The number of methoxy groups -OCH3 is 1. The van der Waals surface area contributed by atoms with Crippen LogP contribution in [0.1, 0.15) is 36.6 Å². The first-order valence-corrected chi connectivity index (χ1v) is 12.2.